The molecule has 1 aromatic heterocycles. The molecule has 1 aliphatic rings. The number of piperidine rings is 1. The normalized spacial score (nSPS) is 19.4. The van der Waals surface area contributed by atoms with Crippen molar-refractivity contribution in [3.63, 3.8) is 0 Å². The standard InChI is InChI=1S/C15H25N3O/c1-12(19)15-5-4-14(10-16-15)18(3)11-13-6-8-17(2)9-7-13/h4-5,10,12-13,19H,6-9,11H2,1-3H3/t12-/m0/s1. The highest BCUT2D eigenvalue weighted by Gasteiger charge is 2.18. The van der Waals surface area contributed by atoms with Crippen LogP contribution in [0.15, 0.2) is 18.3 Å². The van der Waals surface area contributed by atoms with Gasteiger partial charge < -0.3 is 14.9 Å². The van der Waals surface area contributed by atoms with E-state index in [2.05, 4.69) is 28.9 Å². The van der Waals surface area contributed by atoms with Crippen LogP contribution in [0.2, 0.25) is 0 Å². The second-order valence-electron chi connectivity index (χ2n) is 5.74. The lowest BCUT2D eigenvalue weighted by Gasteiger charge is -2.32. The number of aromatic nitrogens is 1. The van der Waals surface area contributed by atoms with Crippen LogP contribution in [0.1, 0.15) is 31.6 Å². The molecule has 4 nitrogen and oxygen atoms in total. The van der Waals surface area contributed by atoms with Gasteiger partial charge in [0.05, 0.1) is 23.7 Å². The smallest absolute Gasteiger partial charge is 0.0931 e. The fourth-order valence-electron chi connectivity index (χ4n) is 2.61. The summed E-state index contributed by atoms with van der Waals surface area (Å²) in [5.41, 5.74) is 1.86. The number of anilines is 1. The molecule has 0 aromatic carbocycles. The van der Waals surface area contributed by atoms with Crippen molar-refractivity contribution in [2.45, 2.75) is 25.9 Å². The molecule has 106 valence electrons. The summed E-state index contributed by atoms with van der Waals surface area (Å²) in [5.74, 6) is 0.776. The highest BCUT2D eigenvalue weighted by molar-refractivity contribution is 5.43. The van der Waals surface area contributed by atoms with Crippen LogP contribution in [0.5, 0.6) is 0 Å². The van der Waals surface area contributed by atoms with Gasteiger partial charge in [-0.3, -0.25) is 4.98 Å². The molecule has 1 aliphatic heterocycles. The second kappa shape index (κ2) is 6.35. The van der Waals surface area contributed by atoms with Crippen molar-refractivity contribution in [3.8, 4) is 0 Å². The van der Waals surface area contributed by atoms with Crippen molar-refractivity contribution in [2.75, 3.05) is 38.6 Å². The van der Waals surface area contributed by atoms with Crippen LogP contribution >= 0.6 is 0 Å². The van der Waals surface area contributed by atoms with Crippen LogP contribution in [0.4, 0.5) is 5.69 Å². The summed E-state index contributed by atoms with van der Waals surface area (Å²) in [6.07, 6.45) is 3.92. The van der Waals surface area contributed by atoms with E-state index in [9.17, 15) is 5.11 Å². The Morgan fingerprint density at radius 1 is 1.42 bits per heavy atom. The molecule has 4 heteroatoms. The van der Waals surface area contributed by atoms with Gasteiger partial charge in [0, 0.05) is 13.6 Å². The molecule has 2 rings (SSSR count). The monoisotopic (exact) mass is 263 g/mol. The summed E-state index contributed by atoms with van der Waals surface area (Å²) in [6.45, 7) is 5.24. The van der Waals surface area contributed by atoms with Crippen LogP contribution < -0.4 is 4.90 Å². The lowest BCUT2D eigenvalue weighted by Crippen LogP contribution is -2.35. The zero-order valence-electron chi connectivity index (χ0n) is 12.2. The van der Waals surface area contributed by atoms with Crippen molar-refractivity contribution >= 4 is 5.69 Å². The highest BCUT2D eigenvalue weighted by atomic mass is 16.3. The minimum absolute atomic E-state index is 0.492. The first-order valence-electron chi connectivity index (χ1n) is 7.10. The van der Waals surface area contributed by atoms with Crippen LogP contribution in [-0.2, 0) is 0 Å². The lowest BCUT2D eigenvalue weighted by molar-refractivity contribution is 0.194. The Hall–Kier alpha value is -1.13. The lowest BCUT2D eigenvalue weighted by atomic mass is 9.96. The van der Waals surface area contributed by atoms with Crippen LogP contribution in [0, 0.1) is 5.92 Å². The van der Waals surface area contributed by atoms with Crippen molar-refractivity contribution < 1.29 is 5.11 Å². The molecular weight excluding hydrogens is 238 g/mol. The maximum Gasteiger partial charge on any atom is 0.0931 e. The molecule has 1 N–H and O–H groups in total. The third-order valence-corrected chi connectivity index (χ3v) is 4.01. The van der Waals surface area contributed by atoms with Gasteiger partial charge in [0.25, 0.3) is 0 Å². The zero-order chi connectivity index (χ0) is 13.8. The van der Waals surface area contributed by atoms with Gasteiger partial charge in [0.15, 0.2) is 0 Å². The average Bonchev–Trinajstić information content (AvgIpc) is 2.41. The number of aliphatic hydroxyl groups is 1. The molecule has 0 aliphatic carbocycles. The third-order valence-electron chi connectivity index (χ3n) is 4.01. The van der Waals surface area contributed by atoms with Crippen LogP contribution in [-0.4, -0.2) is 48.7 Å². The van der Waals surface area contributed by atoms with Crippen LogP contribution in [0.3, 0.4) is 0 Å². The van der Waals surface area contributed by atoms with Gasteiger partial charge in [-0.05, 0) is 58.0 Å². The molecule has 1 atom stereocenters. The Kier molecular flexibility index (Phi) is 4.77. The van der Waals surface area contributed by atoms with Gasteiger partial charge >= 0.3 is 0 Å². The van der Waals surface area contributed by atoms with Gasteiger partial charge in [0.2, 0.25) is 0 Å². The summed E-state index contributed by atoms with van der Waals surface area (Å²) in [7, 11) is 4.32. The maximum absolute atomic E-state index is 9.46. The molecule has 0 saturated carbocycles. The van der Waals surface area contributed by atoms with E-state index in [4.69, 9.17) is 0 Å². The van der Waals surface area contributed by atoms with E-state index < -0.39 is 6.10 Å². The molecule has 1 fully saturated rings. The van der Waals surface area contributed by atoms with E-state index in [0.717, 1.165) is 23.8 Å². The van der Waals surface area contributed by atoms with Gasteiger partial charge in [-0.25, -0.2) is 0 Å². The third kappa shape index (κ3) is 3.91. The Labute approximate surface area is 116 Å². The van der Waals surface area contributed by atoms with Gasteiger partial charge in [-0.2, -0.15) is 0 Å². The molecular formula is C15H25N3O. The van der Waals surface area contributed by atoms with Gasteiger partial charge in [-0.1, -0.05) is 0 Å². The van der Waals surface area contributed by atoms with Gasteiger partial charge in [0.1, 0.15) is 0 Å². The Morgan fingerprint density at radius 2 is 2.11 bits per heavy atom. The second-order valence-corrected chi connectivity index (χ2v) is 5.74. The Balaban J connectivity index is 1.90. The first-order chi connectivity index (χ1) is 9.06. The van der Waals surface area contributed by atoms with E-state index in [1.807, 2.05) is 18.3 Å². The molecule has 0 radical (unpaired) electrons. The molecule has 0 spiro atoms. The summed E-state index contributed by atoms with van der Waals surface area (Å²) in [4.78, 5) is 8.98. The summed E-state index contributed by atoms with van der Waals surface area (Å²) >= 11 is 0. The minimum atomic E-state index is -0.492. The quantitative estimate of drug-likeness (QED) is 0.901. The van der Waals surface area contributed by atoms with Crippen molar-refractivity contribution in [2.24, 2.45) is 5.92 Å². The van der Waals surface area contributed by atoms with Crippen molar-refractivity contribution in [3.05, 3.63) is 24.0 Å². The van der Waals surface area contributed by atoms with E-state index >= 15 is 0 Å². The SMILES string of the molecule is C[C@H](O)c1ccc(N(C)CC2CCN(C)CC2)cn1. The number of hydrogen-bond acceptors (Lipinski definition) is 4. The van der Waals surface area contributed by atoms with Crippen molar-refractivity contribution in [1.82, 2.24) is 9.88 Å². The van der Waals surface area contributed by atoms with E-state index in [-0.39, 0.29) is 0 Å². The van der Waals surface area contributed by atoms with Gasteiger partial charge in [-0.15, -0.1) is 0 Å². The highest BCUT2D eigenvalue weighted by Crippen LogP contribution is 2.21. The predicted molar refractivity (Wildman–Crippen MR) is 78.4 cm³/mol. The fraction of sp³-hybridized carbons (Fsp3) is 0.667. The summed E-state index contributed by atoms with van der Waals surface area (Å²) in [5, 5.41) is 9.46. The molecule has 2 heterocycles. The number of pyridine rings is 1. The number of hydrogen-bond donors (Lipinski definition) is 1. The first-order valence-corrected chi connectivity index (χ1v) is 7.10. The van der Waals surface area contributed by atoms with Crippen LogP contribution in [0.25, 0.3) is 0 Å². The fourth-order valence-corrected chi connectivity index (χ4v) is 2.61. The van der Waals surface area contributed by atoms with E-state index in [1.54, 1.807) is 6.92 Å². The summed E-state index contributed by atoms with van der Waals surface area (Å²) < 4.78 is 0. The number of likely N-dealkylation sites (tertiary alicyclic amines) is 1. The van der Waals surface area contributed by atoms with E-state index in [1.165, 1.54) is 25.9 Å². The Morgan fingerprint density at radius 3 is 2.63 bits per heavy atom. The average molecular weight is 263 g/mol. The predicted octanol–water partition coefficient (Wildman–Crippen LogP) is 1.91. The number of rotatable bonds is 4. The molecule has 0 unspecified atom stereocenters. The molecule has 1 saturated heterocycles. The molecule has 19 heavy (non-hydrogen) atoms. The minimum Gasteiger partial charge on any atom is -0.387 e. The topological polar surface area (TPSA) is 39.6 Å². The largest absolute Gasteiger partial charge is 0.387 e. The number of aliphatic hydroxyl groups excluding tert-OH is 1. The van der Waals surface area contributed by atoms with Crippen molar-refractivity contribution in [1.29, 1.82) is 0 Å². The zero-order valence-corrected chi connectivity index (χ0v) is 12.2. The first kappa shape index (κ1) is 14.3. The Bertz CT molecular complexity index is 383. The summed E-state index contributed by atoms with van der Waals surface area (Å²) in [6, 6.07) is 3.95. The maximum atomic E-state index is 9.46. The molecule has 0 amide bonds. The number of nitrogens with zero attached hydrogens (tertiary/aromatic N) is 3. The van der Waals surface area contributed by atoms with E-state index in [0.29, 0.717) is 0 Å². The molecule has 0 bridgehead atoms. The molecule has 1 aromatic rings.